The molecule has 4 N–H and O–H groups in total. The first-order valence-electron chi connectivity index (χ1n) is 6.99. The molecule has 0 radical (unpaired) electrons. The molecule has 7 nitrogen and oxygen atoms in total. The molecule has 0 aliphatic heterocycles. The van der Waals surface area contributed by atoms with Gasteiger partial charge in [0, 0.05) is 12.2 Å². The van der Waals surface area contributed by atoms with Crippen LogP contribution in [0, 0.1) is 5.92 Å². The maximum Gasteiger partial charge on any atom is 0.390 e. The van der Waals surface area contributed by atoms with Gasteiger partial charge in [0.05, 0.1) is 18.2 Å². The summed E-state index contributed by atoms with van der Waals surface area (Å²) < 4.78 is 11.5. The lowest BCUT2D eigenvalue weighted by Crippen LogP contribution is -2.13. The number of aromatic amines is 1. The van der Waals surface area contributed by atoms with Crippen molar-refractivity contribution in [3.63, 3.8) is 0 Å². The van der Waals surface area contributed by atoms with Gasteiger partial charge in [-0.2, -0.15) is 0 Å². The van der Waals surface area contributed by atoms with E-state index in [9.17, 15) is 14.4 Å². The second-order valence-corrected chi connectivity index (χ2v) is 6.83. The fraction of sp³-hybridized carbons (Fsp3) is 0.286. The molecule has 1 saturated carbocycles. The van der Waals surface area contributed by atoms with Crippen LogP contribution >= 0.6 is 7.60 Å². The maximum atomic E-state index is 11.5. The third kappa shape index (κ3) is 3.82. The minimum Gasteiger partial charge on any atom is -0.345 e. The standard InChI is InChI=1S/C14H17N4O3P/c19-22(20,21)14(16-7-10-1-2-10)18-12-5-3-11(4-6-12)13-8-15-9-17-13/h3-6,8-10H,1-2,7H2,(H,15,17)(H,16,18)(H2,19,20,21). The summed E-state index contributed by atoms with van der Waals surface area (Å²) in [6.45, 7) is 0.458. The SMILES string of the molecule is O=P(O)(O)C(=NCC1CC1)Nc1ccc(-c2cnc[nH]2)cc1. The number of rotatable bonds is 5. The van der Waals surface area contributed by atoms with E-state index < -0.39 is 7.60 Å². The molecule has 0 atom stereocenters. The molecule has 22 heavy (non-hydrogen) atoms. The first-order chi connectivity index (χ1) is 10.5. The Morgan fingerprint density at radius 3 is 2.64 bits per heavy atom. The van der Waals surface area contributed by atoms with Gasteiger partial charge in [0.15, 0.2) is 0 Å². The fourth-order valence-electron chi connectivity index (χ4n) is 2.00. The third-order valence-corrected chi connectivity index (χ3v) is 4.23. The van der Waals surface area contributed by atoms with Crippen molar-refractivity contribution in [3.8, 4) is 11.3 Å². The molecule has 0 amide bonds. The number of nitrogens with zero attached hydrogens (tertiary/aromatic N) is 2. The van der Waals surface area contributed by atoms with Gasteiger partial charge in [-0.15, -0.1) is 0 Å². The van der Waals surface area contributed by atoms with Crippen molar-refractivity contribution in [1.82, 2.24) is 9.97 Å². The Kier molecular flexibility index (Phi) is 4.11. The van der Waals surface area contributed by atoms with E-state index in [0.29, 0.717) is 18.2 Å². The number of anilines is 1. The molecule has 0 unspecified atom stereocenters. The molecule has 8 heteroatoms. The van der Waals surface area contributed by atoms with Crippen LogP contribution in [0.15, 0.2) is 41.8 Å². The molecule has 0 saturated heterocycles. The molecule has 0 spiro atoms. The molecule has 1 aromatic carbocycles. The maximum absolute atomic E-state index is 11.5. The smallest absolute Gasteiger partial charge is 0.345 e. The highest BCUT2D eigenvalue weighted by molar-refractivity contribution is 7.70. The number of hydrogen-bond acceptors (Lipinski definition) is 3. The number of aliphatic imine (C=N–C) groups is 1. The number of amidine groups is 1. The molecule has 1 fully saturated rings. The van der Waals surface area contributed by atoms with E-state index in [2.05, 4.69) is 20.3 Å². The fourth-order valence-corrected chi connectivity index (χ4v) is 2.54. The Bertz CT molecular complexity index is 702. The highest BCUT2D eigenvalue weighted by Crippen LogP contribution is 2.38. The van der Waals surface area contributed by atoms with Crippen molar-refractivity contribution in [1.29, 1.82) is 0 Å². The number of nitrogens with one attached hydrogen (secondary N) is 2. The van der Waals surface area contributed by atoms with Gasteiger partial charge in [0.2, 0.25) is 5.58 Å². The van der Waals surface area contributed by atoms with Gasteiger partial charge in [-0.1, -0.05) is 12.1 Å². The van der Waals surface area contributed by atoms with Gasteiger partial charge in [-0.3, -0.25) is 9.56 Å². The van der Waals surface area contributed by atoms with Crippen LogP contribution in [-0.2, 0) is 4.57 Å². The molecule has 116 valence electrons. The predicted octanol–water partition coefficient (Wildman–Crippen LogP) is 2.43. The molecule has 0 bridgehead atoms. The third-order valence-electron chi connectivity index (χ3n) is 3.42. The second-order valence-electron chi connectivity index (χ2n) is 5.32. The molecule has 1 aromatic heterocycles. The van der Waals surface area contributed by atoms with Gasteiger partial charge >= 0.3 is 7.60 Å². The zero-order valence-corrected chi connectivity index (χ0v) is 12.7. The monoisotopic (exact) mass is 320 g/mol. The quantitative estimate of drug-likeness (QED) is 0.384. The van der Waals surface area contributed by atoms with Gasteiger partial charge in [-0.25, -0.2) is 4.98 Å². The minimum absolute atomic E-state index is 0.270. The normalized spacial score (nSPS) is 15.8. The van der Waals surface area contributed by atoms with Crippen molar-refractivity contribution in [2.24, 2.45) is 10.9 Å². The van der Waals surface area contributed by atoms with Crippen LogP contribution < -0.4 is 5.32 Å². The van der Waals surface area contributed by atoms with Crippen LogP contribution in [0.25, 0.3) is 11.3 Å². The Hall–Kier alpha value is -1.95. The molecule has 1 aliphatic rings. The number of H-pyrrole nitrogens is 1. The number of hydrogen-bond donors (Lipinski definition) is 4. The van der Waals surface area contributed by atoms with Gasteiger partial charge in [0.1, 0.15) is 0 Å². The lowest BCUT2D eigenvalue weighted by Gasteiger charge is -2.11. The Labute approximate surface area is 127 Å². The van der Waals surface area contributed by atoms with Crippen LogP contribution in [0.3, 0.4) is 0 Å². The van der Waals surface area contributed by atoms with E-state index >= 15 is 0 Å². The second kappa shape index (κ2) is 6.04. The molecule has 2 aromatic rings. The summed E-state index contributed by atoms with van der Waals surface area (Å²) in [6, 6.07) is 7.18. The van der Waals surface area contributed by atoms with E-state index in [-0.39, 0.29) is 5.58 Å². The zero-order valence-electron chi connectivity index (χ0n) is 11.8. The highest BCUT2D eigenvalue weighted by Gasteiger charge is 2.26. The summed E-state index contributed by atoms with van der Waals surface area (Å²) in [4.78, 5) is 29.8. The van der Waals surface area contributed by atoms with Gasteiger partial charge < -0.3 is 20.1 Å². The van der Waals surface area contributed by atoms with E-state index in [1.165, 1.54) is 0 Å². The van der Waals surface area contributed by atoms with Crippen molar-refractivity contribution in [3.05, 3.63) is 36.8 Å². The summed E-state index contributed by atoms with van der Waals surface area (Å²) >= 11 is 0. The van der Waals surface area contributed by atoms with Crippen LogP contribution in [0.4, 0.5) is 5.69 Å². The van der Waals surface area contributed by atoms with Gasteiger partial charge in [-0.05, 0) is 36.5 Å². The lowest BCUT2D eigenvalue weighted by atomic mass is 10.1. The molecule has 3 rings (SSSR count). The summed E-state index contributed by atoms with van der Waals surface area (Å²) in [6.07, 6.45) is 5.46. The summed E-state index contributed by atoms with van der Waals surface area (Å²) in [5.41, 5.74) is 2.13. The van der Waals surface area contributed by atoms with Crippen LogP contribution in [0.5, 0.6) is 0 Å². The molecule has 1 aliphatic carbocycles. The Balaban J connectivity index is 1.74. The number of aromatic nitrogens is 2. The number of benzene rings is 1. The van der Waals surface area contributed by atoms with Crippen molar-refractivity contribution in [2.45, 2.75) is 12.8 Å². The Morgan fingerprint density at radius 1 is 1.36 bits per heavy atom. The van der Waals surface area contributed by atoms with Crippen molar-refractivity contribution in [2.75, 3.05) is 11.9 Å². The molecule has 1 heterocycles. The van der Waals surface area contributed by atoms with Crippen molar-refractivity contribution >= 4 is 18.9 Å². The number of imidazole rings is 1. The van der Waals surface area contributed by atoms with Crippen LogP contribution in [-0.4, -0.2) is 31.9 Å². The van der Waals surface area contributed by atoms with Gasteiger partial charge in [0.25, 0.3) is 0 Å². The largest absolute Gasteiger partial charge is 0.390 e. The predicted molar refractivity (Wildman–Crippen MR) is 84.7 cm³/mol. The summed E-state index contributed by atoms with van der Waals surface area (Å²) in [5, 5.41) is 2.74. The first kappa shape index (κ1) is 15.0. The highest BCUT2D eigenvalue weighted by atomic mass is 31.2. The van der Waals surface area contributed by atoms with E-state index in [1.807, 2.05) is 12.1 Å². The average molecular weight is 320 g/mol. The lowest BCUT2D eigenvalue weighted by molar-refractivity contribution is 0.390. The topological polar surface area (TPSA) is 111 Å². The zero-order chi connectivity index (χ0) is 15.6. The molecular weight excluding hydrogens is 303 g/mol. The van der Waals surface area contributed by atoms with Crippen LogP contribution in [0.1, 0.15) is 12.8 Å². The van der Waals surface area contributed by atoms with Crippen molar-refractivity contribution < 1.29 is 14.4 Å². The summed E-state index contributed by atoms with van der Waals surface area (Å²) in [5.74, 6) is 0.464. The molecular formula is C14H17N4O3P. The first-order valence-corrected chi connectivity index (χ1v) is 8.60. The summed E-state index contributed by atoms with van der Waals surface area (Å²) in [7, 11) is -4.41. The van der Waals surface area contributed by atoms with E-state index in [0.717, 1.165) is 24.1 Å². The average Bonchev–Trinajstić information content (AvgIpc) is 3.14. The van der Waals surface area contributed by atoms with E-state index in [4.69, 9.17) is 0 Å². The van der Waals surface area contributed by atoms with E-state index in [1.54, 1.807) is 24.7 Å². The van der Waals surface area contributed by atoms with Crippen LogP contribution in [0.2, 0.25) is 0 Å². The Morgan fingerprint density at radius 2 is 2.09 bits per heavy atom. The minimum atomic E-state index is -4.41.